The molecule has 0 radical (unpaired) electrons. The van der Waals surface area contributed by atoms with E-state index in [1.807, 2.05) is 29.5 Å². The van der Waals surface area contributed by atoms with E-state index in [9.17, 15) is 9.59 Å². The first-order chi connectivity index (χ1) is 10.0. The Bertz CT molecular complexity index is 470. The van der Waals surface area contributed by atoms with E-state index in [1.54, 1.807) is 16.2 Å². The van der Waals surface area contributed by atoms with Crippen molar-refractivity contribution < 1.29 is 14.7 Å². The lowest BCUT2D eigenvalue weighted by Gasteiger charge is -2.34. The molecule has 116 valence electrons. The normalized spacial score (nSPS) is 16.8. The lowest BCUT2D eigenvalue weighted by molar-refractivity contribution is -0.139. The number of amides is 1. The SMILES string of the molecule is CN(Cc1cccs1)C(=O)CN1CCN(CC(=O)O)CC1. The average Bonchev–Trinajstić information content (AvgIpc) is 2.93. The van der Waals surface area contributed by atoms with E-state index in [-0.39, 0.29) is 12.5 Å². The zero-order chi connectivity index (χ0) is 15.2. The molecule has 2 rings (SSSR count). The third kappa shape index (κ3) is 5.11. The van der Waals surface area contributed by atoms with E-state index < -0.39 is 5.97 Å². The smallest absolute Gasteiger partial charge is 0.317 e. The van der Waals surface area contributed by atoms with Crippen LogP contribution in [0.3, 0.4) is 0 Å². The fourth-order valence-corrected chi connectivity index (χ4v) is 3.09. The summed E-state index contributed by atoms with van der Waals surface area (Å²) in [5.74, 6) is -0.690. The highest BCUT2D eigenvalue weighted by Crippen LogP contribution is 2.11. The van der Waals surface area contributed by atoms with Crippen LogP contribution in [0.1, 0.15) is 4.88 Å². The molecule has 1 aromatic rings. The van der Waals surface area contributed by atoms with Gasteiger partial charge in [-0.2, -0.15) is 0 Å². The van der Waals surface area contributed by atoms with E-state index >= 15 is 0 Å². The van der Waals surface area contributed by atoms with Crippen LogP contribution in [0.5, 0.6) is 0 Å². The van der Waals surface area contributed by atoms with Gasteiger partial charge in [0.15, 0.2) is 0 Å². The van der Waals surface area contributed by atoms with E-state index in [2.05, 4.69) is 4.90 Å². The van der Waals surface area contributed by atoms with Gasteiger partial charge in [0.25, 0.3) is 0 Å². The molecule has 2 heterocycles. The summed E-state index contributed by atoms with van der Waals surface area (Å²) in [4.78, 5) is 29.7. The minimum Gasteiger partial charge on any atom is -0.480 e. The van der Waals surface area contributed by atoms with Crippen LogP contribution in [-0.4, -0.2) is 78.0 Å². The van der Waals surface area contributed by atoms with Gasteiger partial charge in [-0.25, -0.2) is 0 Å². The number of nitrogens with zero attached hydrogens (tertiary/aromatic N) is 3. The van der Waals surface area contributed by atoms with Crippen LogP contribution in [0.2, 0.25) is 0 Å². The van der Waals surface area contributed by atoms with E-state index in [1.165, 1.54) is 4.88 Å². The molecule has 0 atom stereocenters. The highest BCUT2D eigenvalue weighted by molar-refractivity contribution is 7.09. The summed E-state index contributed by atoms with van der Waals surface area (Å²) < 4.78 is 0. The van der Waals surface area contributed by atoms with Crippen molar-refractivity contribution in [3.05, 3.63) is 22.4 Å². The van der Waals surface area contributed by atoms with Crippen molar-refractivity contribution in [2.75, 3.05) is 46.3 Å². The second-order valence-corrected chi connectivity index (χ2v) is 6.31. The number of carboxylic acid groups (broad SMARTS) is 1. The summed E-state index contributed by atoms with van der Waals surface area (Å²) >= 11 is 1.65. The van der Waals surface area contributed by atoms with Crippen molar-refractivity contribution in [1.82, 2.24) is 14.7 Å². The Kier molecular flexibility index (Phi) is 5.72. The Balaban J connectivity index is 1.72. The highest BCUT2D eigenvalue weighted by atomic mass is 32.1. The minimum absolute atomic E-state index is 0.0834. The van der Waals surface area contributed by atoms with Crippen molar-refractivity contribution in [3.8, 4) is 0 Å². The third-order valence-corrected chi connectivity index (χ3v) is 4.44. The Hall–Kier alpha value is -1.44. The van der Waals surface area contributed by atoms with Gasteiger partial charge < -0.3 is 10.0 Å². The van der Waals surface area contributed by atoms with Crippen molar-refractivity contribution in [2.45, 2.75) is 6.54 Å². The van der Waals surface area contributed by atoms with Crippen molar-refractivity contribution in [3.63, 3.8) is 0 Å². The van der Waals surface area contributed by atoms with Crippen LogP contribution in [0.25, 0.3) is 0 Å². The molecule has 1 amide bonds. The van der Waals surface area contributed by atoms with Gasteiger partial charge in [-0.3, -0.25) is 19.4 Å². The molecule has 1 aliphatic rings. The Labute approximate surface area is 128 Å². The third-order valence-electron chi connectivity index (χ3n) is 3.58. The second kappa shape index (κ2) is 7.53. The summed E-state index contributed by atoms with van der Waals surface area (Å²) in [5, 5.41) is 10.8. The molecule has 0 spiro atoms. The number of carboxylic acids is 1. The molecule has 1 aliphatic heterocycles. The van der Waals surface area contributed by atoms with Crippen molar-refractivity contribution in [2.24, 2.45) is 0 Å². The van der Waals surface area contributed by atoms with Gasteiger partial charge in [-0.05, 0) is 11.4 Å². The molecule has 7 heteroatoms. The molecule has 0 unspecified atom stereocenters. The topological polar surface area (TPSA) is 64.1 Å². The molecule has 1 N–H and O–H groups in total. The largest absolute Gasteiger partial charge is 0.480 e. The maximum Gasteiger partial charge on any atom is 0.317 e. The minimum atomic E-state index is -0.796. The number of carbonyl (C=O) groups excluding carboxylic acids is 1. The predicted molar refractivity (Wildman–Crippen MR) is 81.3 cm³/mol. The molecular weight excluding hydrogens is 290 g/mol. The van der Waals surface area contributed by atoms with Gasteiger partial charge in [0.1, 0.15) is 0 Å². The number of aliphatic carboxylic acids is 1. The second-order valence-electron chi connectivity index (χ2n) is 5.28. The van der Waals surface area contributed by atoms with Gasteiger partial charge in [0.05, 0.1) is 19.6 Å². The van der Waals surface area contributed by atoms with Crippen molar-refractivity contribution in [1.29, 1.82) is 0 Å². The molecular formula is C14H21N3O3S. The lowest BCUT2D eigenvalue weighted by Crippen LogP contribution is -2.50. The van der Waals surface area contributed by atoms with E-state index in [0.717, 1.165) is 13.1 Å². The molecule has 0 saturated carbocycles. The zero-order valence-corrected chi connectivity index (χ0v) is 13.0. The van der Waals surface area contributed by atoms with Crippen LogP contribution in [-0.2, 0) is 16.1 Å². The summed E-state index contributed by atoms with van der Waals surface area (Å²) in [6, 6.07) is 4.01. The monoisotopic (exact) mass is 311 g/mol. The zero-order valence-electron chi connectivity index (χ0n) is 12.2. The summed E-state index contributed by atoms with van der Waals surface area (Å²) in [7, 11) is 1.82. The first-order valence-electron chi connectivity index (χ1n) is 6.97. The fraction of sp³-hybridized carbons (Fsp3) is 0.571. The quantitative estimate of drug-likeness (QED) is 0.824. The number of piperazine rings is 1. The van der Waals surface area contributed by atoms with E-state index in [0.29, 0.717) is 26.2 Å². The standard InChI is InChI=1S/C14H21N3O3S/c1-15(9-12-3-2-8-21-12)13(18)10-16-4-6-17(7-5-16)11-14(19)20/h2-3,8H,4-7,9-11H2,1H3,(H,19,20). The number of hydrogen-bond donors (Lipinski definition) is 1. The van der Waals surface area contributed by atoms with Gasteiger partial charge >= 0.3 is 5.97 Å². The van der Waals surface area contributed by atoms with Crippen LogP contribution >= 0.6 is 11.3 Å². The van der Waals surface area contributed by atoms with Crippen molar-refractivity contribution >= 4 is 23.2 Å². The molecule has 1 saturated heterocycles. The molecule has 0 aromatic carbocycles. The maximum absolute atomic E-state index is 12.2. The first-order valence-corrected chi connectivity index (χ1v) is 7.85. The first kappa shape index (κ1) is 15.9. The summed E-state index contributed by atoms with van der Waals surface area (Å²) in [6.07, 6.45) is 0. The highest BCUT2D eigenvalue weighted by Gasteiger charge is 2.21. The molecule has 0 bridgehead atoms. The molecule has 1 aromatic heterocycles. The Morgan fingerprint density at radius 3 is 2.38 bits per heavy atom. The lowest BCUT2D eigenvalue weighted by atomic mass is 10.3. The molecule has 0 aliphatic carbocycles. The van der Waals surface area contributed by atoms with Crippen LogP contribution in [0, 0.1) is 0 Å². The number of thiophene rings is 1. The Morgan fingerprint density at radius 1 is 1.24 bits per heavy atom. The van der Waals surface area contributed by atoms with Gasteiger partial charge in [0.2, 0.25) is 5.91 Å². The predicted octanol–water partition coefficient (Wildman–Crippen LogP) is 0.409. The maximum atomic E-state index is 12.2. The molecule has 21 heavy (non-hydrogen) atoms. The number of rotatable bonds is 6. The molecule has 1 fully saturated rings. The summed E-state index contributed by atoms with van der Waals surface area (Å²) in [5.41, 5.74) is 0. The van der Waals surface area contributed by atoms with Gasteiger partial charge in [-0.15, -0.1) is 11.3 Å². The summed E-state index contributed by atoms with van der Waals surface area (Å²) in [6.45, 7) is 4.03. The van der Waals surface area contributed by atoms with Gasteiger partial charge in [0, 0.05) is 38.1 Å². The number of likely N-dealkylation sites (N-methyl/N-ethyl adjacent to an activating group) is 1. The fourth-order valence-electron chi connectivity index (χ4n) is 2.33. The number of hydrogen-bond acceptors (Lipinski definition) is 5. The average molecular weight is 311 g/mol. The number of carbonyl (C=O) groups is 2. The Morgan fingerprint density at radius 2 is 1.86 bits per heavy atom. The van der Waals surface area contributed by atoms with Gasteiger partial charge in [-0.1, -0.05) is 6.07 Å². The van der Waals surface area contributed by atoms with Crippen LogP contribution in [0.4, 0.5) is 0 Å². The molecule has 6 nitrogen and oxygen atoms in total. The van der Waals surface area contributed by atoms with E-state index in [4.69, 9.17) is 5.11 Å². The van der Waals surface area contributed by atoms with Crippen LogP contribution in [0.15, 0.2) is 17.5 Å². The van der Waals surface area contributed by atoms with Crippen LogP contribution < -0.4 is 0 Å².